The lowest BCUT2D eigenvalue weighted by atomic mass is 10.2. The van der Waals surface area contributed by atoms with E-state index in [0.717, 1.165) is 0 Å². The predicted octanol–water partition coefficient (Wildman–Crippen LogP) is 3.43. The molecule has 0 amide bonds. The number of esters is 1. The number of nitrogens with zero attached hydrogens (tertiary/aromatic N) is 2. The van der Waals surface area contributed by atoms with E-state index in [9.17, 15) is 9.59 Å². The summed E-state index contributed by atoms with van der Waals surface area (Å²) in [5, 5.41) is 0.540. The molecule has 3 aromatic rings. The van der Waals surface area contributed by atoms with Crippen molar-refractivity contribution in [2.75, 3.05) is 6.61 Å². The van der Waals surface area contributed by atoms with E-state index in [1.54, 1.807) is 30.5 Å². The van der Waals surface area contributed by atoms with E-state index in [1.807, 2.05) is 42.5 Å². The zero-order valence-corrected chi connectivity index (χ0v) is 14.8. The van der Waals surface area contributed by atoms with Crippen LogP contribution in [0.5, 0.6) is 0 Å². The van der Waals surface area contributed by atoms with Crippen molar-refractivity contribution >= 4 is 28.6 Å². The molecule has 0 aliphatic carbocycles. The van der Waals surface area contributed by atoms with Gasteiger partial charge < -0.3 is 4.74 Å². The summed E-state index contributed by atoms with van der Waals surface area (Å²) < 4.78 is 6.61. The van der Waals surface area contributed by atoms with E-state index in [-0.39, 0.29) is 11.5 Å². The summed E-state index contributed by atoms with van der Waals surface area (Å²) in [7, 11) is 0. The van der Waals surface area contributed by atoms with Gasteiger partial charge in [-0.3, -0.25) is 14.2 Å². The lowest BCUT2D eigenvalue weighted by Crippen LogP contribution is -2.24. The summed E-state index contributed by atoms with van der Waals surface area (Å²) in [6, 6.07) is 16.5. The van der Waals surface area contributed by atoms with Crippen molar-refractivity contribution in [1.29, 1.82) is 0 Å². The first kappa shape index (κ1) is 17.2. The SMILES string of the molecule is CCOC(=O)C(C)Sc1nc2ccccc2c(=O)n1-c1ccccc1. The van der Waals surface area contributed by atoms with E-state index in [4.69, 9.17) is 4.74 Å². The Bertz CT molecular complexity index is 954. The number of fused-ring (bicyclic) bond motifs is 1. The highest BCUT2D eigenvalue weighted by atomic mass is 32.2. The van der Waals surface area contributed by atoms with Crippen LogP contribution >= 0.6 is 11.8 Å². The van der Waals surface area contributed by atoms with Crippen LogP contribution in [0.3, 0.4) is 0 Å². The zero-order valence-electron chi connectivity index (χ0n) is 14.0. The highest BCUT2D eigenvalue weighted by molar-refractivity contribution is 8.00. The van der Waals surface area contributed by atoms with Gasteiger partial charge in [0, 0.05) is 0 Å². The van der Waals surface area contributed by atoms with Gasteiger partial charge in [0.1, 0.15) is 5.25 Å². The first-order valence-corrected chi connectivity index (χ1v) is 8.90. The average Bonchev–Trinajstić information content (AvgIpc) is 2.63. The number of rotatable bonds is 5. The molecule has 0 N–H and O–H groups in total. The van der Waals surface area contributed by atoms with E-state index < -0.39 is 5.25 Å². The third kappa shape index (κ3) is 3.58. The molecule has 3 rings (SSSR count). The standard InChI is InChI=1S/C19H18N2O3S/c1-3-24-18(23)13(2)25-19-20-16-12-8-7-11-15(16)17(22)21(19)14-9-5-4-6-10-14/h4-13H,3H2,1-2H3. The van der Waals surface area contributed by atoms with E-state index in [1.165, 1.54) is 11.8 Å². The zero-order chi connectivity index (χ0) is 17.8. The molecule has 1 aromatic heterocycles. The molecule has 0 radical (unpaired) electrons. The number of hydrogen-bond acceptors (Lipinski definition) is 5. The Labute approximate surface area is 149 Å². The van der Waals surface area contributed by atoms with Gasteiger partial charge in [-0.05, 0) is 38.1 Å². The molecule has 0 aliphatic rings. The minimum absolute atomic E-state index is 0.157. The normalized spacial score (nSPS) is 12.1. The number of hydrogen-bond donors (Lipinski definition) is 0. The molecule has 6 heteroatoms. The second-order valence-electron chi connectivity index (χ2n) is 5.40. The molecule has 1 atom stereocenters. The molecule has 0 saturated heterocycles. The Kier molecular flexibility index (Phi) is 5.19. The van der Waals surface area contributed by atoms with Crippen molar-refractivity contribution in [3.63, 3.8) is 0 Å². The molecule has 0 spiro atoms. The largest absolute Gasteiger partial charge is 0.465 e. The van der Waals surface area contributed by atoms with Crippen LogP contribution in [-0.4, -0.2) is 27.4 Å². The summed E-state index contributed by atoms with van der Waals surface area (Å²) in [6.07, 6.45) is 0. The Morgan fingerprint density at radius 1 is 1.16 bits per heavy atom. The highest BCUT2D eigenvalue weighted by Crippen LogP contribution is 2.25. The van der Waals surface area contributed by atoms with Gasteiger partial charge in [-0.25, -0.2) is 4.98 Å². The summed E-state index contributed by atoms with van der Waals surface area (Å²) in [6.45, 7) is 3.84. The maximum absolute atomic E-state index is 13.0. The average molecular weight is 354 g/mol. The molecule has 0 aliphatic heterocycles. The summed E-state index contributed by atoms with van der Waals surface area (Å²) >= 11 is 1.22. The molecule has 0 saturated carbocycles. The van der Waals surface area contributed by atoms with Crippen LogP contribution < -0.4 is 5.56 Å². The van der Waals surface area contributed by atoms with Crippen molar-refractivity contribution in [3.8, 4) is 5.69 Å². The fraction of sp³-hybridized carbons (Fsp3) is 0.211. The van der Waals surface area contributed by atoms with Crippen molar-refractivity contribution in [2.24, 2.45) is 0 Å². The predicted molar refractivity (Wildman–Crippen MR) is 99.3 cm³/mol. The molecule has 5 nitrogen and oxygen atoms in total. The molecular formula is C19H18N2O3S. The number of carbonyl (C=O) groups is 1. The van der Waals surface area contributed by atoms with Gasteiger partial charge in [0.15, 0.2) is 5.16 Å². The highest BCUT2D eigenvalue weighted by Gasteiger charge is 2.20. The van der Waals surface area contributed by atoms with Gasteiger partial charge in [-0.15, -0.1) is 0 Å². The minimum atomic E-state index is -0.469. The van der Waals surface area contributed by atoms with E-state index in [0.29, 0.717) is 28.4 Å². The lowest BCUT2D eigenvalue weighted by molar-refractivity contribution is -0.142. The maximum atomic E-state index is 13.0. The van der Waals surface area contributed by atoms with Crippen LogP contribution in [0.4, 0.5) is 0 Å². The molecule has 1 unspecified atom stereocenters. The number of benzene rings is 2. The molecule has 0 bridgehead atoms. The third-order valence-electron chi connectivity index (χ3n) is 3.66. The number of carbonyl (C=O) groups excluding carboxylic acids is 1. The molecule has 0 fully saturated rings. The van der Waals surface area contributed by atoms with Crippen LogP contribution in [0, 0.1) is 0 Å². The number of thioether (sulfide) groups is 1. The van der Waals surface area contributed by atoms with E-state index >= 15 is 0 Å². The first-order chi connectivity index (χ1) is 12.1. The maximum Gasteiger partial charge on any atom is 0.319 e. The minimum Gasteiger partial charge on any atom is -0.465 e. The number of aromatic nitrogens is 2. The third-order valence-corrected chi connectivity index (χ3v) is 4.69. The molecule has 2 aromatic carbocycles. The van der Waals surface area contributed by atoms with Crippen LogP contribution in [0.25, 0.3) is 16.6 Å². The monoisotopic (exact) mass is 354 g/mol. The quantitative estimate of drug-likeness (QED) is 0.399. The molecule has 128 valence electrons. The van der Waals surface area contributed by atoms with Gasteiger partial charge in [0.2, 0.25) is 0 Å². The number of ether oxygens (including phenoxy) is 1. The fourth-order valence-electron chi connectivity index (χ4n) is 2.46. The smallest absolute Gasteiger partial charge is 0.319 e. The fourth-order valence-corrected chi connectivity index (χ4v) is 3.39. The van der Waals surface area contributed by atoms with Gasteiger partial charge in [-0.2, -0.15) is 0 Å². The molecular weight excluding hydrogens is 336 g/mol. The second-order valence-corrected chi connectivity index (χ2v) is 6.71. The summed E-state index contributed by atoms with van der Waals surface area (Å²) in [5.41, 5.74) is 1.16. The van der Waals surface area contributed by atoms with Crippen molar-refractivity contribution in [3.05, 3.63) is 65.0 Å². The van der Waals surface area contributed by atoms with Crippen LogP contribution in [-0.2, 0) is 9.53 Å². The molecule has 1 heterocycles. The van der Waals surface area contributed by atoms with Gasteiger partial charge in [-0.1, -0.05) is 42.1 Å². The van der Waals surface area contributed by atoms with Gasteiger partial charge >= 0.3 is 5.97 Å². The van der Waals surface area contributed by atoms with Crippen molar-refractivity contribution < 1.29 is 9.53 Å². The summed E-state index contributed by atoms with van der Waals surface area (Å²) in [5.74, 6) is -0.325. The summed E-state index contributed by atoms with van der Waals surface area (Å²) in [4.78, 5) is 29.6. The molecule has 25 heavy (non-hydrogen) atoms. The lowest BCUT2D eigenvalue weighted by Gasteiger charge is -2.15. The van der Waals surface area contributed by atoms with Crippen molar-refractivity contribution in [2.45, 2.75) is 24.3 Å². The van der Waals surface area contributed by atoms with Gasteiger partial charge in [0.25, 0.3) is 5.56 Å². The van der Waals surface area contributed by atoms with Crippen LogP contribution in [0.15, 0.2) is 64.5 Å². The van der Waals surface area contributed by atoms with Crippen LogP contribution in [0.2, 0.25) is 0 Å². The first-order valence-electron chi connectivity index (χ1n) is 8.02. The topological polar surface area (TPSA) is 61.2 Å². The second kappa shape index (κ2) is 7.53. The van der Waals surface area contributed by atoms with E-state index in [2.05, 4.69) is 4.98 Å². The Hall–Kier alpha value is -2.60. The number of para-hydroxylation sites is 2. The van der Waals surface area contributed by atoms with Crippen molar-refractivity contribution in [1.82, 2.24) is 9.55 Å². The Morgan fingerprint density at radius 3 is 2.56 bits per heavy atom. The Balaban J connectivity index is 2.16. The van der Waals surface area contributed by atoms with Gasteiger partial charge in [0.05, 0.1) is 23.2 Å². The Morgan fingerprint density at radius 2 is 1.84 bits per heavy atom. The van der Waals surface area contributed by atoms with Crippen LogP contribution in [0.1, 0.15) is 13.8 Å².